The average Bonchev–Trinajstić information content (AvgIpc) is 3.46. The van der Waals surface area contributed by atoms with Crippen LogP contribution in [-0.2, 0) is 9.53 Å². The van der Waals surface area contributed by atoms with E-state index in [2.05, 4.69) is 52.6 Å². The summed E-state index contributed by atoms with van der Waals surface area (Å²) < 4.78 is 12.0. The van der Waals surface area contributed by atoms with Gasteiger partial charge in [-0.2, -0.15) is 0 Å². The summed E-state index contributed by atoms with van der Waals surface area (Å²) in [5, 5.41) is 10.4. The molecular formula is C46H73NO4. The molecule has 5 heteroatoms. The summed E-state index contributed by atoms with van der Waals surface area (Å²) in [4.78, 5) is 17.3. The molecule has 4 aliphatic carbocycles. The zero-order valence-electron chi connectivity index (χ0n) is 33.4. The summed E-state index contributed by atoms with van der Waals surface area (Å²) in [5.74, 6) is 5.91. The number of benzene rings is 1. The summed E-state index contributed by atoms with van der Waals surface area (Å²) in [5.41, 5.74) is 3.13. The van der Waals surface area contributed by atoms with Crippen molar-refractivity contribution in [3.8, 4) is 11.5 Å². The number of aromatic hydroxyl groups is 1. The van der Waals surface area contributed by atoms with Gasteiger partial charge in [0.25, 0.3) is 0 Å². The Morgan fingerprint density at radius 3 is 2.57 bits per heavy atom. The highest BCUT2D eigenvalue weighted by atomic mass is 16.5. The fraction of sp³-hybridized carbons (Fsp3) is 0.783. The zero-order chi connectivity index (χ0) is 36.4. The molecule has 1 N–H and O–H groups in total. The maximum Gasteiger partial charge on any atom is 0.306 e. The molecule has 51 heavy (non-hydrogen) atoms. The summed E-state index contributed by atoms with van der Waals surface area (Å²) in [6.45, 7) is 16.1. The predicted octanol–water partition coefficient (Wildman–Crippen LogP) is 12.3. The van der Waals surface area contributed by atoms with Gasteiger partial charge >= 0.3 is 5.97 Å². The Morgan fingerprint density at radius 2 is 1.78 bits per heavy atom. The fourth-order valence-electron chi connectivity index (χ4n) is 11.3. The first-order valence-corrected chi connectivity index (χ1v) is 21.4. The lowest BCUT2D eigenvalue weighted by Crippen LogP contribution is -2.51. The largest absolute Gasteiger partial charge is 0.507 e. The summed E-state index contributed by atoms with van der Waals surface area (Å²) in [7, 11) is 0. The first-order valence-electron chi connectivity index (χ1n) is 21.4. The Morgan fingerprint density at radius 1 is 0.961 bits per heavy atom. The molecule has 0 saturated heterocycles. The van der Waals surface area contributed by atoms with E-state index in [-0.39, 0.29) is 23.2 Å². The van der Waals surface area contributed by atoms with E-state index in [1.54, 1.807) is 17.9 Å². The van der Waals surface area contributed by atoms with Gasteiger partial charge in [0.05, 0.1) is 6.61 Å². The number of esters is 1. The molecule has 1 aromatic carbocycles. The van der Waals surface area contributed by atoms with Crippen molar-refractivity contribution in [2.45, 2.75) is 170 Å². The minimum Gasteiger partial charge on any atom is -0.507 e. The standard InChI is InChI=1S/C46H73NO4/c1-7-8-9-12-28-47-32-35-18-20-37(31-43(35)48)50-29-13-10-11-17-44(49)51-38-24-26-45(5)36(30-38)19-21-39-41-23-22-40(34(4)16-14-15-33(2)3)46(41,6)27-25-42(39)45/h18-20,31-34,38-42,48H,7-17,21-30H2,1-6H3/t34-,38+,39+,40-,41+,42+,45+,46-/m1/s1. The maximum absolute atomic E-state index is 12.9. The molecule has 0 amide bonds. The number of phenols is 1. The molecule has 0 unspecified atom stereocenters. The highest BCUT2D eigenvalue weighted by Gasteiger charge is 2.59. The number of hydrogen-bond donors (Lipinski definition) is 1. The number of fused-ring (bicyclic) bond motifs is 5. The molecule has 0 aromatic heterocycles. The highest BCUT2D eigenvalue weighted by Crippen LogP contribution is 2.67. The number of ether oxygens (including phenoxy) is 2. The molecule has 286 valence electrons. The van der Waals surface area contributed by atoms with Gasteiger partial charge in [0.2, 0.25) is 0 Å². The molecule has 0 aliphatic heterocycles. The van der Waals surface area contributed by atoms with Crippen molar-refractivity contribution >= 4 is 12.2 Å². The van der Waals surface area contributed by atoms with Crippen LogP contribution in [0.2, 0.25) is 0 Å². The van der Waals surface area contributed by atoms with Crippen LogP contribution in [-0.4, -0.2) is 36.5 Å². The number of nitrogens with zero attached hydrogens (tertiary/aromatic N) is 1. The van der Waals surface area contributed by atoms with Crippen LogP contribution in [0.25, 0.3) is 0 Å². The van der Waals surface area contributed by atoms with E-state index in [1.165, 1.54) is 70.6 Å². The number of carbonyl (C=O) groups is 1. The third kappa shape index (κ3) is 10.0. The van der Waals surface area contributed by atoms with Gasteiger partial charge in [-0.15, -0.1) is 0 Å². The molecular weight excluding hydrogens is 631 g/mol. The molecule has 0 spiro atoms. The van der Waals surface area contributed by atoms with Crippen molar-refractivity contribution in [2.24, 2.45) is 51.3 Å². The number of unbranched alkanes of at least 4 members (excludes halogenated alkanes) is 5. The van der Waals surface area contributed by atoms with Crippen LogP contribution in [0.1, 0.15) is 169 Å². The van der Waals surface area contributed by atoms with E-state index in [9.17, 15) is 9.90 Å². The predicted molar refractivity (Wildman–Crippen MR) is 212 cm³/mol. The Kier molecular flexibility index (Phi) is 14.6. The average molecular weight is 704 g/mol. The first-order chi connectivity index (χ1) is 24.5. The van der Waals surface area contributed by atoms with Crippen molar-refractivity contribution in [2.75, 3.05) is 13.2 Å². The van der Waals surface area contributed by atoms with Gasteiger partial charge in [0.15, 0.2) is 0 Å². The van der Waals surface area contributed by atoms with Crippen molar-refractivity contribution in [3.63, 3.8) is 0 Å². The Labute approximate surface area is 311 Å². The lowest BCUT2D eigenvalue weighted by atomic mass is 9.47. The SMILES string of the molecule is CCCCCCN=Cc1ccc(OCCCCCC(=O)O[C@H]2CC[C@@]3(C)C(=CC[C@H]4[C@@H]5CC[C@H]([C@H](C)CCCC(C)C)[C@@]5(C)CC[C@@H]43)C2)cc1O. The van der Waals surface area contributed by atoms with E-state index in [0.717, 1.165) is 92.6 Å². The molecule has 0 heterocycles. The fourth-order valence-corrected chi connectivity index (χ4v) is 11.3. The van der Waals surface area contributed by atoms with Gasteiger partial charge in [-0.3, -0.25) is 9.79 Å². The third-order valence-electron chi connectivity index (χ3n) is 14.2. The number of rotatable bonds is 19. The van der Waals surface area contributed by atoms with Crippen LogP contribution in [0.5, 0.6) is 11.5 Å². The number of hydrogen-bond acceptors (Lipinski definition) is 5. The van der Waals surface area contributed by atoms with E-state index in [0.29, 0.717) is 24.2 Å². The molecule has 5 nitrogen and oxygen atoms in total. The number of phenolic OH excluding ortho intramolecular Hbond substituents is 1. The lowest BCUT2D eigenvalue weighted by molar-refractivity contribution is -0.151. The zero-order valence-corrected chi connectivity index (χ0v) is 33.4. The van der Waals surface area contributed by atoms with Gasteiger partial charge in [-0.25, -0.2) is 0 Å². The van der Waals surface area contributed by atoms with Gasteiger partial charge in [-0.05, 0) is 129 Å². The third-order valence-corrected chi connectivity index (χ3v) is 14.2. The normalized spacial score (nSPS) is 30.8. The van der Waals surface area contributed by atoms with Gasteiger partial charge in [0.1, 0.15) is 17.6 Å². The van der Waals surface area contributed by atoms with Gasteiger partial charge in [-0.1, -0.05) is 91.7 Å². The molecule has 1 aromatic rings. The van der Waals surface area contributed by atoms with E-state index in [1.807, 2.05) is 12.1 Å². The van der Waals surface area contributed by atoms with Gasteiger partial charge in [0, 0.05) is 37.2 Å². The van der Waals surface area contributed by atoms with Crippen molar-refractivity contribution in [1.82, 2.24) is 0 Å². The van der Waals surface area contributed by atoms with E-state index < -0.39 is 0 Å². The second-order valence-corrected chi connectivity index (χ2v) is 18.1. The lowest BCUT2D eigenvalue weighted by Gasteiger charge is -2.58. The minimum atomic E-state index is -0.0423. The van der Waals surface area contributed by atoms with Crippen LogP contribution in [0.3, 0.4) is 0 Å². The number of allylic oxidation sites excluding steroid dienone is 1. The van der Waals surface area contributed by atoms with Crippen LogP contribution in [0, 0.1) is 46.3 Å². The quantitative estimate of drug-likeness (QED) is 0.0674. The number of aliphatic imine (C=N–C) groups is 1. The summed E-state index contributed by atoms with van der Waals surface area (Å²) in [6, 6.07) is 5.41. The van der Waals surface area contributed by atoms with Crippen LogP contribution < -0.4 is 4.74 Å². The molecule has 8 atom stereocenters. The highest BCUT2D eigenvalue weighted by molar-refractivity contribution is 5.83. The van der Waals surface area contributed by atoms with Crippen molar-refractivity contribution < 1.29 is 19.4 Å². The second-order valence-electron chi connectivity index (χ2n) is 18.1. The topological polar surface area (TPSA) is 68.1 Å². The Bertz CT molecular complexity index is 1320. The molecule has 0 radical (unpaired) electrons. The summed E-state index contributed by atoms with van der Waals surface area (Å²) >= 11 is 0. The van der Waals surface area contributed by atoms with Gasteiger partial charge < -0.3 is 14.6 Å². The number of carbonyl (C=O) groups excluding carboxylic acids is 1. The molecule has 4 aliphatic rings. The molecule has 0 bridgehead atoms. The minimum absolute atomic E-state index is 0.0369. The second kappa shape index (κ2) is 18.6. The van der Waals surface area contributed by atoms with Crippen LogP contribution in [0.4, 0.5) is 0 Å². The Hall–Kier alpha value is -2.30. The van der Waals surface area contributed by atoms with E-state index >= 15 is 0 Å². The maximum atomic E-state index is 12.9. The molecule has 5 rings (SSSR count). The summed E-state index contributed by atoms with van der Waals surface area (Å²) in [6.07, 6.45) is 26.4. The first kappa shape index (κ1) is 39.9. The van der Waals surface area contributed by atoms with E-state index in [4.69, 9.17) is 9.47 Å². The van der Waals surface area contributed by atoms with Crippen molar-refractivity contribution in [3.05, 3.63) is 35.4 Å². The molecule has 3 fully saturated rings. The van der Waals surface area contributed by atoms with Crippen LogP contribution in [0.15, 0.2) is 34.8 Å². The Balaban J connectivity index is 1.00. The smallest absolute Gasteiger partial charge is 0.306 e. The monoisotopic (exact) mass is 704 g/mol. The van der Waals surface area contributed by atoms with Crippen LogP contribution >= 0.6 is 0 Å². The molecule has 3 saturated carbocycles. The van der Waals surface area contributed by atoms with Crippen molar-refractivity contribution in [1.29, 1.82) is 0 Å².